The van der Waals surface area contributed by atoms with E-state index in [2.05, 4.69) is 75.5 Å². The molecule has 3 aliphatic carbocycles. The smallest absolute Gasteiger partial charge is 0.220 e. The van der Waals surface area contributed by atoms with Gasteiger partial charge in [0, 0.05) is 17.2 Å². The molecule has 33 heavy (non-hydrogen) atoms. The van der Waals surface area contributed by atoms with Gasteiger partial charge in [0.15, 0.2) is 0 Å². The first-order valence-electron chi connectivity index (χ1n) is 13.2. The van der Waals surface area contributed by atoms with Crippen molar-refractivity contribution < 1.29 is 9.53 Å². The summed E-state index contributed by atoms with van der Waals surface area (Å²) in [6.07, 6.45) is 8.34. The van der Waals surface area contributed by atoms with E-state index in [9.17, 15) is 4.79 Å². The van der Waals surface area contributed by atoms with Crippen LogP contribution in [0, 0.1) is 34.0 Å². The van der Waals surface area contributed by atoms with Crippen LogP contribution in [-0.4, -0.2) is 18.1 Å². The molecule has 3 saturated carbocycles. The Kier molecular flexibility index (Phi) is 4.71. The third-order valence-corrected chi connectivity index (χ3v) is 10.7. The van der Waals surface area contributed by atoms with Gasteiger partial charge in [0.2, 0.25) is 5.91 Å². The Bertz CT molecular complexity index is 1090. The lowest BCUT2D eigenvalue weighted by atomic mass is 9.41. The predicted molar refractivity (Wildman–Crippen MR) is 133 cm³/mol. The highest BCUT2D eigenvalue weighted by atomic mass is 16.5. The molecule has 1 amide bonds. The lowest BCUT2D eigenvalue weighted by Gasteiger charge is -2.67. The van der Waals surface area contributed by atoms with Crippen LogP contribution in [0.5, 0.6) is 5.75 Å². The largest absolute Gasteiger partial charge is 0.487 e. The normalized spacial score (nSPS) is 41.6. The summed E-state index contributed by atoms with van der Waals surface area (Å²) in [5.74, 6) is 3.20. The topological polar surface area (TPSA) is 38.3 Å². The summed E-state index contributed by atoms with van der Waals surface area (Å²) in [6, 6.07) is 14.9. The molecule has 0 bridgehead atoms. The van der Waals surface area contributed by atoms with Gasteiger partial charge in [-0.25, -0.2) is 0 Å². The van der Waals surface area contributed by atoms with Crippen LogP contribution >= 0.6 is 0 Å². The number of carbonyl (C=O) groups is 1. The first-order valence-corrected chi connectivity index (χ1v) is 13.2. The van der Waals surface area contributed by atoms with E-state index in [1.165, 1.54) is 37.5 Å². The molecule has 1 aliphatic heterocycles. The van der Waals surface area contributed by atoms with Gasteiger partial charge in [0.1, 0.15) is 11.9 Å². The number of benzene rings is 2. The number of amides is 1. The maximum atomic E-state index is 12.7. The summed E-state index contributed by atoms with van der Waals surface area (Å²) in [7, 11) is 0. The van der Waals surface area contributed by atoms with Crippen LogP contribution in [0.3, 0.4) is 0 Å². The highest BCUT2D eigenvalue weighted by molar-refractivity contribution is 5.88. The second-order valence-electron chi connectivity index (χ2n) is 12.7. The van der Waals surface area contributed by atoms with Crippen LogP contribution in [0.2, 0.25) is 0 Å². The van der Waals surface area contributed by atoms with Crippen molar-refractivity contribution in [2.75, 3.05) is 0 Å². The van der Waals surface area contributed by atoms with Crippen LogP contribution in [-0.2, 0) is 4.79 Å². The van der Waals surface area contributed by atoms with Crippen molar-refractivity contribution in [3.8, 4) is 5.75 Å². The van der Waals surface area contributed by atoms with E-state index < -0.39 is 0 Å². The fourth-order valence-corrected chi connectivity index (χ4v) is 8.97. The van der Waals surface area contributed by atoms with Gasteiger partial charge in [-0.15, -0.1) is 0 Å². The summed E-state index contributed by atoms with van der Waals surface area (Å²) in [5, 5.41) is 5.84. The Morgan fingerprint density at radius 2 is 1.70 bits per heavy atom. The molecule has 6 rings (SSSR count). The van der Waals surface area contributed by atoms with Gasteiger partial charge in [-0.05, 0) is 72.1 Å². The van der Waals surface area contributed by atoms with Gasteiger partial charge in [0.25, 0.3) is 0 Å². The average molecular weight is 446 g/mol. The minimum absolute atomic E-state index is 0.0207. The summed E-state index contributed by atoms with van der Waals surface area (Å²) in [5.41, 5.74) is 0.546. The molecule has 2 aromatic carbocycles. The van der Waals surface area contributed by atoms with Crippen molar-refractivity contribution >= 4 is 16.7 Å². The zero-order valence-corrected chi connectivity index (χ0v) is 20.7. The SMILES string of the molecule is CC1(C)C(Oc2cccc3ccccc23)C2NC(=O)CC[C@]2(C)[C@@H]2CC[C@]3(C)CCC[C@H]3[C@@H]21. The molecule has 176 valence electrons. The van der Waals surface area contributed by atoms with Gasteiger partial charge in [0.05, 0.1) is 6.04 Å². The fraction of sp³-hybridized carbons (Fsp3) is 0.633. The highest BCUT2D eigenvalue weighted by Gasteiger charge is 2.67. The van der Waals surface area contributed by atoms with Crippen molar-refractivity contribution in [2.24, 2.45) is 34.0 Å². The molecule has 4 aliphatic rings. The van der Waals surface area contributed by atoms with Crippen LogP contribution in [0.4, 0.5) is 0 Å². The minimum atomic E-state index is -0.0400. The molecule has 7 atom stereocenters. The number of fused-ring (bicyclic) bond motifs is 6. The van der Waals surface area contributed by atoms with Crippen LogP contribution in [0.15, 0.2) is 42.5 Å². The van der Waals surface area contributed by atoms with Gasteiger partial charge >= 0.3 is 0 Å². The number of hydrogen-bond donors (Lipinski definition) is 1. The highest BCUT2D eigenvalue weighted by Crippen LogP contribution is 2.68. The summed E-state index contributed by atoms with van der Waals surface area (Å²) in [6.45, 7) is 9.94. The number of ether oxygens (including phenoxy) is 1. The maximum Gasteiger partial charge on any atom is 0.220 e. The van der Waals surface area contributed by atoms with E-state index in [1.807, 2.05) is 0 Å². The van der Waals surface area contributed by atoms with E-state index in [0.29, 0.717) is 23.7 Å². The molecule has 1 saturated heterocycles. The zero-order valence-electron chi connectivity index (χ0n) is 20.7. The van der Waals surface area contributed by atoms with E-state index >= 15 is 0 Å². The van der Waals surface area contributed by atoms with Gasteiger partial charge in [-0.1, -0.05) is 70.5 Å². The monoisotopic (exact) mass is 445 g/mol. The minimum Gasteiger partial charge on any atom is -0.487 e. The molecule has 1 N–H and O–H groups in total. The predicted octanol–water partition coefficient (Wildman–Crippen LogP) is 6.74. The van der Waals surface area contributed by atoms with E-state index in [4.69, 9.17) is 4.74 Å². The lowest BCUT2D eigenvalue weighted by molar-refractivity contribution is -0.194. The third kappa shape index (κ3) is 3.03. The Hall–Kier alpha value is -2.03. The first-order chi connectivity index (χ1) is 15.7. The Labute approximate surface area is 198 Å². The molecule has 4 fully saturated rings. The Morgan fingerprint density at radius 1 is 0.909 bits per heavy atom. The first kappa shape index (κ1) is 21.5. The molecule has 3 heteroatoms. The molecule has 0 radical (unpaired) electrons. The maximum absolute atomic E-state index is 12.7. The standard InChI is InChI=1S/C30H39NO2/c1-28(2)25-21-12-8-16-29(21,3)17-14-22(25)30(4)18-15-24(32)31-26(30)27(28)33-23-13-7-10-19-9-5-6-11-20(19)23/h5-7,9-11,13,21-22,25-27H,8,12,14-18H2,1-4H3,(H,31,32)/t21-,22+,25-,26?,27?,29-,30+/m0/s1. The third-order valence-electron chi connectivity index (χ3n) is 10.7. The van der Waals surface area contributed by atoms with Crippen LogP contribution in [0.25, 0.3) is 10.8 Å². The van der Waals surface area contributed by atoms with E-state index in [0.717, 1.165) is 23.5 Å². The summed E-state index contributed by atoms with van der Waals surface area (Å²) < 4.78 is 7.08. The summed E-state index contributed by atoms with van der Waals surface area (Å²) in [4.78, 5) is 12.7. The van der Waals surface area contributed by atoms with Crippen molar-refractivity contribution in [3.05, 3.63) is 42.5 Å². The second kappa shape index (κ2) is 7.23. The van der Waals surface area contributed by atoms with E-state index in [1.54, 1.807) is 0 Å². The Balaban J connectivity index is 1.48. The fourth-order valence-electron chi connectivity index (χ4n) is 8.97. The molecular formula is C30H39NO2. The lowest BCUT2D eigenvalue weighted by Crippen LogP contribution is -2.72. The zero-order chi connectivity index (χ0) is 23.0. The average Bonchev–Trinajstić information content (AvgIpc) is 3.19. The number of nitrogens with one attached hydrogen (secondary N) is 1. The molecule has 0 spiro atoms. The molecule has 3 nitrogen and oxygen atoms in total. The van der Waals surface area contributed by atoms with Gasteiger partial charge < -0.3 is 10.1 Å². The van der Waals surface area contributed by atoms with Crippen LogP contribution in [0.1, 0.15) is 72.6 Å². The van der Waals surface area contributed by atoms with Crippen molar-refractivity contribution in [1.29, 1.82) is 0 Å². The number of piperidine rings is 1. The second-order valence-corrected chi connectivity index (χ2v) is 12.7. The number of hydrogen-bond acceptors (Lipinski definition) is 2. The van der Waals surface area contributed by atoms with Crippen molar-refractivity contribution in [3.63, 3.8) is 0 Å². The molecule has 2 unspecified atom stereocenters. The Morgan fingerprint density at radius 3 is 2.55 bits per heavy atom. The quantitative estimate of drug-likeness (QED) is 0.555. The molecule has 1 heterocycles. The summed E-state index contributed by atoms with van der Waals surface area (Å²) >= 11 is 0. The number of rotatable bonds is 2. The van der Waals surface area contributed by atoms with Gasteiger partial charge in [-0.2, -0.15) is 0 Å². The van der Waals surface area contributed by atoms with E-state index in [-0.39, 0.29) is 28.9 Å². The molecule has 0 aromatic heterocycles. The number of carbonyl (C=O) groups excluding carboxylic acids is 1. The van der Waals surface area contributed by atoms with Crippen LogP contribution < -0.4 is 10.1 Å². The van der Waals surface area contributed by atoms with Gasteiger partial charge in [-0.3, -0.25) is 4.79 Å². The molecule has 2 aromatic rings. The van der Waals surface area contributed by atoms with Crippen molar-refractivity contribution in [1.82, 2.24) is 5.32 Å². The molecular weight excluding hydrogens is 406 g/mol. The van der Waals surface area contributed by atoms with Crippen molar-refractivity contribution in [2.45, 2.75) is 84.8 Å².